The second kappa shape index (κ2) is 7.92. The van der Waals surface area contributed by atoms with Crippen LogP contribution in [0.5, 0.6) is 0 Å². The van der Waals surface area contributed by atoms with Crippen LogP contribution in [0.15, 0.2) is 122 Å². The lowest BCUT2D eigenvalue weighted by Gasteiger charge is -2.13. The number of nitrogens with zero attached hydrogens (tertiary/aromatic N) is 2. The highest BCUT2D eigenvalue weighted by molar-refractivity contribution is 6.09. The van der Waals surface area contributed by atoms with Crippen molar-refractivity contribution < 1.29 is 0 Å². The molecule has 0 saturated carbocycles. The third-order valence-corrected chi connectivity index (χ3v) is 6.15. The first-order valence-corrected chi connectivity index (χ1v) is 11.1. The van der Waals surface area contributed by atoms with Crippen LogP contribution in [0, 0.1) is 0 Å². The molecule has 0 aliphatic heterocycles. The lowest BCUT2D eigenvalue weighted by Crippen LogP contribution is -2.00. The smallest absolute Gasteiger partial charge is 0.138 e. The van der Waals surface area contributed by atoms with Crippen LogP contribution in [-0.4, -0.2) is 9.55 Å². The molecular formula is C31H22N2. The molecule has 2 aromatic heterocycles. The van der Waals surface area contributed by atoms with Crippen molar-refractivity contribution in [1.82, 2.24) is 9.55 Å². The third-order valence-electron chi connectivity index (χ3n) is 6.15. The Labute approximate surface area is 193 Å². The Morgan fingerprint density at radius 1 is 0.576 bits per heavy atom. The summed E-state index contributed by atoms with van der Waals surface area (Å²) in [6, 6.07) is 40.3. The van der Waals surface area contributed by atoms with Gasteiger partial charge in [-0.3, -0.25) is 4.57 Å². The number of benzene rings is 4. The first-order chi connectivity index (χ1) is 16.3. The highest BCUT2D eigenvalue weighted by Crippen LogP contribution is 2.34. The number of fused-ring (bicyclic) bond motifs is 3. The van der Waals surface area contributed by atoms with Crippen molar-refractivity contribution >= 4 is 27.9 Å². The topological polar surface area (TPSA) is 17.8 Å². The van der Waals surface area contributed by atoms with Crippen molar-refractivity contribution in [2.45, 2.75) is 0 Å². The van der Waals surface area contributed by atoms with Gasteiger partial charge in [0.1, 0.15) is 5.82 Å². The summed E-state index contributed by atoms with van der Waals surface area (Å²) in [6.45, 7) is 3.95. The molecule has 156 valence electrons. The van der Waals surface area contributed by atoms with E-state index in [1.165, 1.54) is 16.3 Å². The zero-order chi connectivity index (χ0) is 22.2. The molecule has 4 aromatic carbocycles. The van der Waals surface area contributed by atoms with Crippen molar-refractivity contribution in [3.8, 4) is 28.2 Å². The SMILES string of the molecule is C=Cc1ccc2c(c1)c1ccccc1n2-c1cc(-c2ccccc2)cc(-c2ccccc2)n1. The van der Waals surface area contributed by atoms with E-state index in [4.69, 9.17) is 4.98 Å². The molecule has 0 aliphatic carbocycles. The number of para-hydroxylation sites is 1. The number of aromatic nitrogens is 2. The number of hydrogen-bond donors (Lipinski definition) is 0. The molecule has 0 spiro atoms. The van der Waals surface area contributed by atoms with E-state index < -0.39 is 0 Å². The lowest BCUT2D eigenvalue weighted by molar-refractivity contribution is 1.08. The molecule has 0 fully saturated rings. The third kappa shape index (κ3) is 3.33. The predicted octanol–water partition coefficient (Wildman–Crippen LogP) is 8.16. The summed E-state index contributed by atoms with van der Waals surface area (Å²) in [5.74, 6) is 0.910. The standard InChI is InChI=1S/C31H22N2/c1-2-22-17-18-30-27(19-22)26-15-9-10-16-29(26)33(30)31-21-25(23-11-5-3-6-12-23)20-28(32-31)24-13-7-4-8-14-24/h2-21H,1H2. The fourth-order valence-corrected chi connectivity index (χ4v) is 4.55. The van der Waals surface area contributed by atoms with Crippen LogP contribution in [0.1, 0.15) is 5.56 Å². The summed E-state index contributed by atoms with van der Waals surface area (Å²) in [5, 5.41) is 2.42. The van der Waals surface area contributed by atoms with Gasteiger partial charge >= 0.3 is 0 Å². The second-order valence-corrected chi connectivity index (χ2v) is 8.16. The highest BCUT2D eigenvalue weighted by atomic mass is 15.1. The van der Waals surface area contributed by atoms with Gasteiger partial charge in [-0.15, -0.1) is 0 Å². The van der Waals surface area contributed by atoms with E-state index in [0.29, 0.717) is 0 Å². The molecule has 2 heterocycles. The van der Waals surface area contributed by atoms with Crippen LogP contribution in [0.4, 0.5) is 0 Å². The summed E-state index contributed by atoms with van der Waals surface area (Å²) in [7, 11) is 0. The Hall–Kier alpha value is -4.43. The van der Waals surface area contributed by atoms with Gasteiger partial charge in [-0.05, 0) is 47.0 Å². The Morgan fingerprint density at radius 2 is 1.24 bits per heavy atom. The Bertz CT molecular complexity index is 1550. The van der Waals surface area contributed by atoms with E-state index in [1.807, 2.05) is 18.2 Å². The van der Waals surface area contributed by atoms with Crippen molar-refractivity contribution in [3.63, 3.8) is 0 Å². The first kappa shape index (κ1) is 19.3. The predicted molar refractivity (Wildman–Crippen MR) is 140 cm³/mol. The largest absolute Gasteiger partial charge is 0.294 e. The Kier molecular flexibility index (Phi) is 4.63. The van der Waals surface area contributed by atoms with Crippen molar-refractivity contribution in [2.75, 3.05) is 0 Å². The fraction of sp³-hybridized carbons (Fsp3) is 0. The molecule has 0 unspecified atom stereocenters. The maximum absolute atomic E-state index is 5.16. The van der Waals surface area contributed by atoms with Gasteiger partial charge in [0.05, 0.1) is 16.7 Å². The molecular weight excluding hydrogens is 400 g/mol. The Morgan fingerprint density at radius 3 is 2.00 bits per heavy atom. The normalized spacial score (nSPS) is 11.2. The average Bonchev–Trinajstić information content (AvgIpc) is 3.23. The van der Waals surface area contributed by atoms with E-state index in [1.54, 1.807) is 0 Å². The van der Waals surface area contributed by atoms with Gasteiger partial charge in [-0.2, -0.15) is 0 Å². The highest BCUT2D eigenvalue weighted by Gasteiger charge is 2.15. The van der Waals surface area contributed by atoms with Gasteiger partial charge < -0.3 is 0 Å². The average molecular weight is 423 g/mol. The second-order valence-electron chi connectivity index (χ2n) is 8.16. The maximum Gasteiger partial charge on any atom is 0.138 e. The van der Waals surface area contributed by atoms with Gasteiger partial charge in [0.2, 0.25) is 0 Å². The molecule has 0 atom stereocenters. The van der Waals surface area contributed by atoms with Crippen LogP contribution in [0.2, 0.25) is 0 Å². The van der Waals surface area contributed by atoms with Gasteiger partial charge in [-0.25, -0.2) is 4.98 Å². The van der Waals surface area contributed by atoms with E-state index in [2.05, 4.69) is 114 Å². The van der Waals surface area contributed by atoms with Crippen LogP contribution in [0.25, 0.3) is 56.1 Å². The molecule has 2 nitrogen and oxygen atoms in total. The first-order valence-electron chi connectivity index (χ1n) is 11.1. The van der Waals surface area contributed by atoms with Crippen LogP contribution >= 0.6 is 0 Å². The van der Waals surface area contributed by atoms with Crippen LogP contribution < -0.4 is 0 Å². The number of pyridine rings is 1. The molecule has 6 aromatic rings. The quantitative estimate of drug-likeness (QED) is 0.280. The van der Waals surface area contributed by atoms with Crippen LogP contribution in [-0.2, 0) is 0 Å². The van der Waals surface area contributed by atoms with E-state index >= 15 is 0 Å². The van der Waals surface area contributed by atoms with Crippen molar-refractivity contribution in [3.05, 3.63) is 127 Å². The van der Waals surface area contributed by atoms with Crippen molar-refractivity contribution in [2.24, 2.45) is 0 Å². The maximum atomic E-state index is 5.16. The molecule has 0 radical (unpaired) electrons. The molecule has 0 amide bonds. The van der Waals surface area contributed by atoms with E-state index in [9.17, 15) is 0 Å². The minimum atomic E-state index is 0.910. The number of rotatable bonds is 4. The minimum Gasteiger partial charge on any atom is -0.294 e. The lowest BCUT2D eigenvalue weighted by atomic mass is 10.0. The van der Waals surface area contributed by atoms with Crippen LogP contribution in [0.3, 0.4) is 0 Å². The van der Waals surface area contributed by atoms with Gasteiger partial charge in [0, 0.05) is 16.3 Å². The van der Waals surface area contributed by atoms with E-state index in [-0.39, 0.29) is 0 Å². The molecule has 0 aliphatic rings. The van der Waals surface area contributed by atoms with Gasteiger partial charge in [-0.1, -0.05) is 97.6 Å². The van der Waals surface area contributed by atoms with Gasteiger partial charge in [0.25, 0.3) is 0 Å². The summed E-state index contributed by atoms with van der Waals surface area (Å²) in [4.78, 5) is 5.16. The zero-order valence-corrected chi connectivity index (χ0v) is 18.1. The minimum absolute atomic E-state index is 0.910. The van der Waals surface area contributed by atoms with Crippen molar-refractivity contribution in [1.29, 1.82) is 0 Å². The zero-order valence-electron chi connectivity index (χ0n) is 18.1. The molecule has 0 saturated heterocycles. The molecule has 2 heteroatoms. The summed E-state index contributed by atoms with van der Waals surface area (Å²) >= 11 is 0. The fourth-order valence-electron chi connectivity index (χ4n) is 4.55. The molecule has 0 bridgehead atoms. The summed E-state index contributed by atoms with van der Waals surface area (Å²) in [5.41, 5.74) is 7.78. The number of hydrogen-bond acceptors (Lipinski definition) is 1. The molecule has 33 heavy (non-hydrogen) atoms. The monoisotopic (exact) mass is 422 g/mol. The summed E-state index contributed by atoms with van der Waals surface area (Å²) < 4.78 is 2.27. The Balaban J connectivity index is 1.69. The summed E-state index contributed by atoms with van der Waals surface area (Å²) in [6.07, 6.45) is 1.90. The van der Waals surface area contributed by atoms with E-state index in [0.717, 1.165) is 39.2 Å². The van der Waals surface area contributed by atoms with Gasteiger partial charge in [0.15, 0.2) is 0 Å². The molecule has 0 N–H and O–H groups in total. The molecule has 6 rings (SSSR count).